The third-order valence-electron chi connectivity index (χ3n) is 2.51. The van der Waals surface area contributed by atoms with Crippen LogP contribution in [-0.4, -0.2) is 33.3 Å². The molecular weight excluding hydrogens is 200 g/mol. The molecule has 1 aliphatic heterocycles. The van der Waals surface area contributed by atoms with Gasteiger partial charge in [-0.05, 0) is 25.8 Å². The first kappa shape index (κ1) is 11.9. The third-order valence-corrected chi connectivity index (χ3v) is 4.01. The maximum absolute atomic E-state index is 11.3. The molecule has 1 rings (SSSR count). The molecule has 0 aromatic carbocycles. The van der Waals surface area contributed by atoms with Gasteiger partial charge >= 0.3 is 0 Å². The van der Waals surface area contributed by atoms with E-state index < -0.39 is 10.0 Å². The van der Waals surface area contributed by atoms with Gasteiger partial charge in [-0.2, -0.15) is 0 Å². The van der Waals surface area contributed by atoms with Crippen LogP contribution in [-0.2, 0) is 10.0 Å². The highest BCUT2D eigenvalue weighted by Gasteiger charge is 2.16. The van der Waals surface area contributed by atoms with Crippen molar-refractivity contribution in [3.8, 4) is 0 Å². The highest BCUT2D eigenvalue weighted by atomic mass is 32.2. The molecular formula is C9H20N2O2S. The van der Waals surface area contributed by atoms with E-state index in [1.54, 1.807) is 6.92 Å². The number of piperidine rings is 1. The predicted octanol–water partition coefficient (Wildman–Crippen LogP) is 0.458. The molecule has 0 radical (unpaired) electrons. The Morgan fingerprint density at radius 1 is 1.43 bits per heavy atom. The molecule has 1 unspecified atom stereocenters. The highest BCUT2D eigenvalue weighted by Crippen LogP contribution is 2.10. The van der Waals surface area contributed by atoms with E-state index in [0.29, 0.717) is 12.6 Å². The van der Waals surface area contributed by atoms with Gasteiger partial charge in [0.05, 0.1) is 5.75 Å². The summed E-state index contributed by atoms with van der Waals surface area (Å²) < 4.78 is 25.2. The van der Waals surface area contributed by atoms with E-state index >= 15 is 0 Å². The molecule has 2 N–H and O–H groups in total. The molecule has 0 aromatic rings. The lowest BCUT2D eigenvalue weighted by Crippen LogP contribution is -2.37. The van der Waals surface area contributed by atoms with E-state index in [0.717, 1.165) is 19.4 Å². The number of nitrogens with one attached hydrogen (secondary N) is 2. The molecule has 1 heterocycles. The lowest BCUT2D eigenvalue weighted by molar-refractivity contribution is 0.392. The quantitative estimate of drug-likeness (QED) is 0.707. The first-order valence-electron chi connectivity index (χ1n) is 5.35. The SMILES string of the molecule is CCNS(=O)(=O)CCC1CCCCN1. The van der Waals surface area contributed by atoms with Crippen molar-refractivity contribution in [2.24, 2.45) is 0 Å². The molecule has 0 spiro atoms. The van der Waals surface area contributed by atoms with Gasteiger partial charge in [0.2, 0.25) is 10.0 Å². The zero-order valence-corrected chi connectivity index (χ0v) is 9.57. The smallest absolute Gasteiger partial charge is 0.211 e. The summed E-state index contributed by atoms with van der Waals surface area (Å²) >= 11 is 0. The van der Waals surface area contributed by atoms with Crippen LogP contribution in [0.1, 0.15) is 32.6 Å². The lowest BCUT2D eigenvalue weighted by atomic mass is 10.0. The van der Waals surface area contributed by atoms with Crippen molar-refractivity contribution in [2.45, 2.75) is 38.6 Å². The number of hydrogen-bond donors (Lipinski definition) is 2. The standard InChI is InChI=1S/C9H20N2O2S/c1-2-11-14(12,13)8-6-9-5-3-4-7-10-9/h9-11H,2-8H2,1H3. The molecule has 1 aliphatic rings. The summed E-state index contributed by atoms with van der Waals surface area (Å²) in [5.74, 6) is 0.249. The molecule has 0 aromatic heterocycles. The molecule has 0 amide bonds. The van der Waals surface area contributed by atoms with Gasteiger partial charge in [0, 0.05) is 12.6 Å². The maximum Gasteiger partial charge on any atom is 0.211 e. The van der Waals surface area contributed by atoms with E-state index in [1.165, 1.54) is 12.8 Å². The van der Waals surface area contributed by atoms with E-state index in [-0.39, 0.29) is 5.75 Å². The van der Waals surface area contributed by atoms with E-state index in [1.807, 2.05) is 0 Å². The maximum atomic E-state index is 11.3. The molecule has 1 fully saturated rings. The van der Waals surface area contributed by atoms with Gasteiger partial charge in [0.15, 0.2) is 0 Å². The first-order valence-corrected chi connectivity index (χ1v) is 7.00. The van der Waals surface area contributed by atoms with Gasteiger partial charge in [-0.15, -0.1) is 0 Å². The van der Waals surface area contributed by atoms with Crippen LogP contribution in [0.5, 0.6) is 0 Å². The van der Waals surface area contributed by atoms with Crippen LogP contribution >= 0.6 is 0 Å². The molecule has 14 heavy (non-hydrogen) atoms. The minimum Gasteiger partial charge on any atom is -0.314 e. The van der Waals surface area contributed by atoms with Crippen LogP contribution in [0.2, 0.25) is 0 Å². The normalized spacial score (nSPS) is 23.6. The van der Waals surface area contributed by atoms with Gasteiger partial charge < -0.3 is 5.32 Å². The Kier molecular flexibility index (Phi) is 4.84. The average molecular weight is 220 g/mol. The van der Waals surface area contributed by atoms with Crippen molar-refractivity contribution in [1.29, 1.82) is 0 Å². The van der Waals surface area contributed by atoms with Crippen molar-refractivity contribution in [3.05, 3.63) is 0 Å². The fourth-order valence-corrected chi connectivity index (χ4v) is 2.94. The summed E-state index contributed by atoms with van der Waals surface area (Å²) in [6.07, 6.45) is 4.28. The lowest BCUT2D eigenvalue weighted by Gasteiger charge is -2.23. The monoisotopic (exact) mass is 220 g/mol. The van der Waals surface area contributed by atoms with Crippen molar-refractivity contribution < 1.29 is 8.42 Å². The number of rotatable bonds is 5. The Morgan fingerprint density at radius 3 is 2.79 bits per heavy atom. The molecule has 0 bridgehead atoms. The van der Waals surface area contributed by atoms with Gasteiger partial charge in [-0.1, -0.05) is 13.3 Å². The topological polar surface area (TPSA) is 58.2 Å². The summed E-state index contributed by atoms with van der Waals surface area (Å²) in [5.41, 5.74) is 0. The van der Waals surface area contributed by atoms with Crippen LogP contribution in [0.15, 0.2) is 0 Å². The first-order chi connectivity index (χ1) is 6.64. The highest BCUT2D eigenvalue weighted by molar-refractivity contribution is 7.89. The minimum atomic E-state index is -3.02. The molecule has 0 aliphatic carbocycles. The van der Waals surface area contributed by atoms with Gasteiger partial charge in [-0.3, -0.25) is 0 Å². The summed E-state index contributed by atoms with van der Waals surface area (Å²) in [7, 11) is -3.02. The van der Waals surface area contributed by atoms with Crippen molar-refractivity contribution in [3.63, 3.8) is 0 Å². The summed E-state index contributed by atoms with van der Waals surface area (Å²) in [5, 5.41) is 3.34. The van der Waals surface area contributed by atoms with Gasteiger partial charge in [0.1, 0.15) is 0 Å². The summed E-state index contributed by atoms with van der Waals surface area (Å²) in [6, 6.07) is 0.400. The molecule has 4 nitrogen and oxygen atoms in total. The summed E-state index contributed by atoms with van der Waals surface area (Å²) in [6.45, 7) is 3.32. The predicted molar refractivity (Wildman–Crippen MR) is 57.7 cm³/mol. The van der Waals surface area contributed by atoms with Gasteiger partial charge in [0.25, 0.3) is 0 Å². The van der Waals surface area contributed by atoms with Crippen LogP contribution in [0, 0.1) is 0 Å². The molecule has 5 heteroatoms. The molecule has 0 saturated carbocycles. The molecule has 1 saturated heterocycles. The van der Waals surface area contributed by atoms with Gasteiger partial charge in [-0.25, -0.2) is 13.1 Å². The van der Waals surface area contributed by atoms with E-state index in [2.05, 4.69) is 10.0 Å². The minimum absolute atomic E-state index is 0.249. The Hall–Kier alpha value is -0.130. The zero-order chi connectivity index (χ0) is 10.4. The Balaban J connectivity index is 2.24. The second kappa shape index (κ2) is 5.68. The van der Waals surface area contributed by atoms with Crippen LogP contribution in [0.25, 0.3) is 0 Å². The average Bonchev–Trinajstić information content (AvgIpc) is 2.17. The second-order valence-corrected chi connectivity index (χ2v) is 5.68. The van der Waals surface area contributed by atoms with Crippen LogP contribution < -0.4 is 10.0 Å². The van der Waals surface area contributed by atoms with Crippen molar-refractivity contribution in [2.75, 3.05) is 18.8 Å². The fraction of sp³-hybridized carbons (Fsp3) is 1.00. The second-order valence-electron chi connectivity index (χ2n) is 3.75. The van der Waals surface area contributed by atoms with Crippen LogP contribution in [0.3, 0.4) is 0 Å². The fourth-order valence-electron chi connectivity index (χ4n) is 1.76. The van der Waals surface area contributed by atoms with E-state index in [9.17, 15) is 8.42 Å². The largest absolute Gasteiger partial charge is 0.314 e. The van der Waals surface area contributed by atoms with E-state index in [4.69, 9.17) is 0 Å². The Labute approximate surface area is 86.5 Å². The molecule has 1 atom stereocenters. The Bertz CT molecular complexity index is 246. The molecule has 84 valence electrons. The number of sulfonamides is 1. The zero-order valence-electron chi connectivity index (χ0n) is 8.75. The van der Waals surface area contributed by atoms with Crippen molar-refractivity contribution >= 4 is 10.0 Å². The third kappa shape index (κ3) is 4.39. The Morgan fingerprint density at radius 2 is 2.21 bits per heavy atom. The van der Waals surface area contributed by atoms with Crippen molar-refractivity contribution in [1.82, 2.24) is 10.0 Å². The number of hydrogen-bond acceptors (Lipinski definition) is 3. The van der Waals surface area contributed by atoms with Crippen LogP contribution in [0.4, 0.5) is 0 Å². The summed E-state index contributed by atoms with van der Waals surface area (Å²) in [4.78, 5) is 0.